The van der Waals surface area contributed by atoms with E-state index in [0.717, 1.165) is 34.8 Å². The second-order valence-electron chi connectivity index (χ2n) is 16.1. The lowest BCUT2D eigenvalue weighted by Crippen LogP contribution is -2.17. The van der Waals surface area contributed by atoms with E-state index in [4.69, 9.17) is 0 Å². The van der Waals surface area contributed by atoms with E-state index in [1.807, 2.05) is 0 Å². The van der Waals surface area contributed by atoms with Crippen LogP contribution in [-0.2, 0) is 5.41 Å². The Balaban J connectivity index is 1.08. The fourth-order valence-electron chi connectivity index (χ4n) is 10.1. The molecule has 3 aliphatic rings. The summed E-state index contributed by atoms with van der Waals surface area (Å²) in [5.74, 6) is 2.62. The second kappa shape index (κ2) is 12.8. The van der Waals surface area contributed by atoms with Crippen molar-refractivity contribution >= 4 is 17.1 Å². The van der Waals surface area contributed by atoms with Gasteiger partial charge in [-0.05, 0) is 123 Å². The van der Waals surface area contributed by atoms with Crippen LogP contribution in [0.25, 0.3) is 44.5 Å². The van der Waals surface area contributed by atoms with Crippen molar-refractivity contribution in [3.8, 4) is 44.5 Å². The van der Waals surface area contributed by atoms with Gasteiger partial charge in [0, 0.05) is 22.4 Å². The molecule has 0 radical (unpaired) electrons. The Hall–Kier alpha value is -5.66. The Bertz CT molecular complexity index is 2440. The minimum Gasteiger partial charge on any atom is -0.310 e. The molecular formula is C52H45N. The van der Waals surface area contributed by atoms with Crippen LogP contribution in [-0.4, -0.2) is 0 Å². The maximum Gasteiger partial charge on any atom is 0.0540 e. The molecule has 0 aliphatic heterocycles. The topological polar surface area (TPSA) is 3.24 Å². The number of para-hydroxylation sites is 1. The van der Waals surface area contributed by atoms with Crippen molar-refractivity contribution in [2.75, 3.05) is 4.90 Å². The number of benzene rings is 7. The molecule has 0 N–H and O–H groups in total. The van der Waals surface area contributed by atoms with Gasteiger partial charge in [0.2, 0.25) is 0 Å². The van der Waals surface area contributed by atoms with Crippen LogP contribution >= 0.6 is 0 Å². The monoisotopic (exact) mass is 683 g/mol. The van der Waals surface area contributed by atoms with E-state index in [1.54, 1.807) is 0 Å². The number of anilines is 3. The van der Waals surface area contributed by atoms with Gasteiger partial charge in [0.15, 0.2) is 0 Å². The van der Waals surface area contributed by atoms with Crippen LogP contribution in [0.2, 0.25) is 0 Å². The third-order valence-electron chi connectivity index (χ3n) is 12.8. The molecule has 258 valence electrons. The van der Waals surface area contributed by atoms with Crippen LogP contribution in [0.15, 0.2) is 170 Å². The van der Waals surface area contributed by atoms with Gasteiger partial charge in [-0.2, -0.15) is 0 Å². The zero-order valence-corrected chi connectivity index (χ0v) is 30.7. The number of fused-ring (bicyclic) bond motifs is 5. The highest BCUT2D eigenvalue weighted by atomic mass is 15.1. The predicted octanol–water partition coefficient (Wildman–Crippen LogP) is 14.4. The molecule has 10 rings (SSSR count). The highest BCUT2D eigenvalue weighted by Crippen LogP contribution is 2.54. The van der Waals surface area contributed by atoms with E-state index in [-0.39, 0.29) is 5.41 Å². The van der Waals surface area contributed by atoms with Gasteiger partial charge in [-0.15, -0.1) is 0 Å². The predicted molar refractivity (Wildman–Crippen MR) is 223 cm³/mol. The lowest BCUT2D eigenvalue weighted by molar-refractivity contribution is 0.420. The first-order valence-corrected chi connectivity index (χ1v) is 19.5. The molecule has 3 atom stereocenters. The van der Waals surface area contributed by atoms with Crippen molar-refractivity contribution in [3.63, 3.8) is 0 Å². The van der Waals surface area contributed by atoms with Crippen molar-refractivity contribution in [1.82, 2.24) is 0 Å². The summed E-state index contributed by atoms with van der Waals surface area (Å²) in [6.45, 7) is 4.74. The van der Waals surface area contributed by atoms with E-state index in [1.165, 1.54) is 86.9 Å². The van der Waals surface area contributed by atoms with Gasteiger partial charge in [-0.25, -0.2) is 0 Å². The average molecular weight is 684 g/mol. The fourth-order valence-corrected chi connectivity index (χ4v) is 10.1. The third kappa shape index (κ3) is 5.45. The van der Waals surface area contributed by atoms with Crippen LogP contribution in [0.1, 0.15) is 62.1 Å². The van der Waals surface area contributed by atoms with E-state index in [0.29, 0.717) is 0 Å². The lowest BCUT2D eigenvalue weighted by atomic mass is 9.82. The summed E-state index contributed by atoms with van der Waals surface area (Å²) in [4.78, 5) is 2.47. The Morgan fingerprint density at radius 1 is 0.453 bits per heavy atom. The summed E-state index contributed by atoms with van der Waals surface area (Å²) in [6.07, 6.45) is 5.70. The Kier molecular flexibility index (Phi) is 7.72. The molecule has 7 aromatic rings. The zero-order valence-electron chi connectivity index (χ0n) is 30.7. The van der Waals surface area contributed by atoms with Gasteiger partial charge in [0.25, 0.3) is 0 Å². The molecular weight excluding hydrogens is 639 g/mol. The molecule has 53 heavy (non-hydrogen) atoms. The summed E-state index contributed by atoms with van der Waals surface area (Å²) in [6, 6.07) is 63.3. The first-order valence-electron chi connectivity index (χ1n) is 19.5. The van der Waals surface area contributed by atoms with Gasteiger partial charge in [-0.1, -0.05) is 160 Å². The first kappa shape index (κ1) is 32.0. The number of hydrogen-bond acceptors (Lipinski definition) is 1. The maximum atomic E-state index is 2.47. The van der Waals surface area contributed by atoms with Crippen molar-refractivity contribution in [2.24, 2.45) is 11.8 Å². The summed E-state index contributed by atoms with van der Waals surface area (Å²) in [5, 5.41) is 0. The molecule has 1 heteroatoms. The molecule has 0 amide bonds. The zero-order chi connectivity index (χ0) is 35.5. The first-order chi connectivity index (χ1) is 26.0. The summed E-state index contributed by atoms with van der Waals surface area (Å²) in [5.41, 5.74) is 17.8. The lowest BCUT2D eigenvalue weighted by Gasteiger charge is -2.30. The van der Waals surface area contributed by atoms with Crippen molar-refractivity contribution in [3.05, 3.63) is 187 Å². The van der Waals surface area contributed by atoms with Crippen LogP contribution in [0.3, 0.4) is 0 Å². The molecule has 2 bridgehead atoms. The number of nitrogens with zero attached hydrogens (tertiary/aromatic N) is 1. The normalized spacial score (nSPS) is 19.2. The molecule has 0 aromatic heterocycles. The molecule has 1 nitrogen and oxygen atoms in total. The highest BCUT2D eigenvalue weighted by Gasteiger charge is 2.40. The quantitative estimate of drug-likeness (QED) is 0.162. The summed E-state index contributed by atoms with van der Waals surface area (Å²) >= 11 is 0. The van der Waals surface area contributed by atoms with Crippen molar-refractivity contribution < 1.29 is 0 Å². The maximum absolute atomic E-state index is 2.47. The minimum absolute atomic E-state index is 0.0961. The molecule has 0 saturated heterocycles. The average Bonchev–Trinajstić information content (AvgIpc) is 3.92. The molecule has 3 aliphatic carbocycles. The number of rotatable bonds is 7. The van der Waals surface area contributed by atoms with E-state index >= 15 is 0 Å². The molecule has 0 spiro atoms. The van der Waals surface area contributed by atoms with Gasteiger partial charge < -0.3 is 4.90 Å². The fraction of sp³-hybridized carbons (Fsp3) is 0.192. The standard InChI is InChI=1S/C52H45N/c1-52(2)49-18-10-8-16-45(49)46-31-30-42(34-50(46)52)53(51-19-11-9-17-47(51)44-15-7-6-14-43(44)38-12-4-3-5-13-38)41-28-26-37(27-29-41)36-22-24-39(25-23-36)48-33-35-20-21-40(48)32-35/h3-19,22-31,34-35,40,48H,20-21,32-33H2,1-2H3. The highest BCUT2D eigenvalue weighted by molar-refractivity contribution is 5.95. The smallest absolute Gasteiger partial charge is 0.0540 e. The molecule has 0 heterocycles. The van der Waals surface area contributed by atoms with Crippen molar-refractivity contribution in [1.29, 1.82) is 0 Å². The van der Waals surface area contributed by atoms with Crippen LogP contribution in [0.5, 0.6) is 0 Å². The van der Waals surface area contributed by atoms with Crippen molar-refractivity contribution in [2.45, 2.75) is 50.9 Å². The van der Waals surface area contributed by atoms with Crippen LogP contribution in [0.4, 0.5) is 17.1 Å². The van der Waals surface area contributed by atoms with Crippen LogP contribution in [0, 0.1) is 11.8 Å². The molecule has 2 fully saturated rings. The molecule has 3 unspecified atom stereocenters. The van der Waals surface area contributed by atoms with E-state index in [2.05, 4.69) is 189 Å². The number of hydrogen-bond donors (Lipinski definition) is 0. The van der Waals surface area contributed by atoms with Gasteiger partial charge >= 0.3 is 0 Å². The SMILES string of the molecule is CC1(C)c2ccccc2-c2ccc(N(c3ccc(-c4ccc(C5CC6CCC5C6)cc4)cc3)c3ccccc3-c3ccccc3-c3ccccc3)cc21. The van der Waals surface area contributed by atoms with Gasteiger partial charge in [0.05, 0.1) is 5.69 Å². The van der Waals surface area contributed by atoms with Gasteiger partial charge in [-0.3, -0.25) is 0 Å². The Labute approximate surface area is 314 Å². The third-order valence-corrected chi connectivity index (χ3v) is 12.8. The largest absolute Gasteiger partial charge is 0.310 e. The van der Waals surface area contributed by atoms with Gasteiger partial charge in [0.1, 0.15) is 0 Å². The van der Waals surface area contributed by atoms with E-state index < -0.39 is 0 Å². The van der Waals surface area contributed by atoms with Crippen LogP contribution < -0.4 is 4.90 Å². The molecule has 7 aromatic carbocycles. The summed E-state index contributed by atoms with van der Waals surface area (Å²) < 4.78 is 0. The molecule has 2 saturated carbocycles. The summed E-state index contributed by atoms with van der Waals surface area (Å²) in [7, 11) is 0. The Morgan fingerprint density at radius 2 is 1.06 bits per heavy atom. The Morgan fingerprint density at radius 3 is 1.77 bits per heavy atom. The second-order valence-corrected chi connectivity index (χ2v) is 16.1. The van der Waals surface area contributed by atoms with E-state index in [9.17, 15) is 0 Å². The minimum atomic E-state index is -0.0961.